The highest BCUT2D eigenvalue weighted by atomic mass is 16.5. The average Bonchev–Trinajstić information content (AvgIpc) is 3.18. The highest BCUT2D eigenvalue weighted by molar-refractivity contribution is 5.85. The third-order valence-electron chi connectivity index (χ3n) is 4.68. The number of benzene rings is 3. The maximum Gasteiger partial charge on any atom is 0.182 e. The van der Waals surface area contributed by atoms with E-state index in [2.05, 4.69) is 15.3 Å². The smallest absolute Gasteiger partial charge is 0.182 e. The first-order valence-electron chi connectivity index (χ1n) is 8.92. The summed E-state index contributed by atoms with van der Waals surface area (Å²) in [5, 5.41) is 8.66. The number of aromatic amines is 1. The summed E-state index contributed by atoms with van der Waals surface area (Å²) in [7, 11) is 1.65. The van der Waals surface area contributed by atoms with Crippen LogP contribution in [0.5, 0.6) is 5.75 Å². The highest BCUT2D eigenvalue weighted by Crippen LogP contribution is 2.25. The molecule has 6 nitrogen and oxygen atoms in total. The first-order chi connectivity index (χ1) is 13.8. The second-order valence-electron chi connectivity index (χ2n) is 6.37. The lowest BCUT2D eigenvalue weighted by atomic mass is 10.1. The fourth-order valence-corrected chi connectivity index (χ4v) is 3.24. The molecule has 0 aliphatic rings. The van der Waals surface area contributed by atoms with Crippen LogP contribution in [-0.2, 0) is 0 Å². The van der Waals surface area contributed by atoms with E-state index in [0.717, 1.165) is 44.6 Å². The molecule has 5 aromatic rings. The van der Waals surface area contributed by atoms with Crippen LogP contribution in [0.3, 0.4) is 0 Å². The first-order valence-corrected chi connectivity index (χ1v) is 8.92. The minimum absolute atomic E-state index is 0.718. The summed E-state index contributed by atoms with van der Waals surface area (Å²) in [6.45, 7) is 0. The fourth-order valence-electron chi connectivity index (χ4n) is 3.24. The van der Waals surface area contributed by atoms with Crippen molar-refractivity contribution in [1.82, 2.24) is 24.8 Å². The second-order valence-corrected chi connectivity index (χ2v) is 6.37. The Hall–Kier alpha value is -3.93. The van der Waals surface area contributed by atoms with Crippen molar-refractivity contribution in [3.63, 3.8) is 0 Å². The summed E-state index contributed by atoms with van der Waals surface area (Å²) in [4.78, 5) is 9.58. The van der Waals surface area contributed by atoms with Crippen molar-refractivity contribution in [2.24, 2.45) is 0 Å². The predicted molar refractivity (Wildman–Crippen MR) is 110 cm³/mol. The Labute approximate surface area is 160 Å². The number of para-hydroxylation sites is 3. The largest absolute Gasteiger partial charge is 0.497 e. The lowest BCUT2D eigenvalue weighted by Gasteiger charge is -2.01. The van der Waals surface area contributed by atoms with E-state index in [1.54, 1.807) is 7.11 Å². The van der Waals surface area contributed by atoms with Gasteiger partial charge in [-0.1, -0.05) is 30.3 Å². The Kier molecular flexibility index (Phi) is 3.87. The molecular weight excluding hydrogens is 350 g/mol. The summed E-state index contributed by atoms with van der Waals surface area (Å²) >= 11 is 0. The number of hydrogen-bond donors (Lipinski definition) is 1. The van der Waals surface area contributed by atoms with Gasteiger partial charge in [-0.2, -0.15) is 5.10 Å². The number of fused-ring (bicyclic) bond motifs is 4. The minimum Gasteiger partial charge on any atom is -0.497 e. The van der Waals surface area contributed by atoms with Gasteiger partial charge in [-0.25, -0.2) is 14.7 Å². The molecule has 3 aromatic carbocycles. The summed E-state index contributed by atoms with van der Waals surface area (Å²) in [5.41, 5.74) is 4.96. The van der Waals surface area contributed by atoms with Crippen LogP contribution in [0.1, 0.15) is 0 Å². The van der Waals surface area contributed by atoms with Crippen molar-refractivity contribution in [3.8, 4) is 17.0 Å². The van der Waals surface area contributed by atoms with E-state index in [9.17, 15) is 0 Å². The molecule has 1 N–H and O–H groups in total. The van der Waals surface area contributed by atoms with E-state index in [1.165, 1.54) is 0 Å². The van der Waals surface area contributed by atoms with Crippen LogP contribution in [0.25, 0.3) is 38.8 Å². The van der Waals surface area contributed by atoms with Gasteiger partial charge in [0.05, 0.1) is 23.7 Å². The summed E-state index contributed by atoms with van der Waals surface area (Å²) < 4.78 is 7.16. The van der Waals surface area contributed by atoms with Gasteiger partial charge in [0.2, 0.25) is 0 Å². The van der Waals surface area contributed by atoms with Crippen molar-refractivity contribution in [2.45, 2.75) is 0 Å². The standard InChI is InChI=1S/C22H17N5O/c1-28-17-12-10-15(11-13-17)21-22-24-19-8-4-3-7-18(19)23-14-16-6-2-5-9-20(16)27(22)26-25-21/h2-14,26H,1H3. The minimum atomic E-state index is 0.718. The average molecular weight is 367 g/mol. The van der Waals surface area contributed by atoms with Gasteiger partial charge in [-0.05, 0) is 42.5 Å². The topological polar surface area (TPSA) is 68.1 Å². The number of nitrogens with zero attached hydrogens (tertiary/aromatic N) is 4. The van der Waals surface area contributed by atoms with Gasteiger partial charge in [0, 0.05) is 17.1 Å². The van der Waals surface area contributed by atoms with Gasteiger partial charge < -0.3 is 4.74 Å². The molecule has 0 aliphatic carbocycles. The molecule has 0 bridgehead atoms. The van der Waals surface area contributed by atoms with Crippen LogP contribution in [0, 0.1) is 0 Å². The summed E-state index contributed by atoms with van der Waals surface area (Å²) in [5.74, 6) is 0.799. The second kappa shape index (κ2) is 6.66. The zero-order valence-corrected chi connectivity index (χ0v) is 15.2. The Bertz CT molecular complexity index is 1350. The van der Waals surface area contributed by atoms with Crippen LogP contribution in [0.2, 0.25) is 0 Å². The van der Waals surface area contributed by atoms with Gasteiger partial charge in [-0.3, -0.25) is 4.98 Å². The molecule has 136 valence electrons. The van der Waals surface area contributed by atoms with Crippen LogP contribution in [-0.4, -0.2) is 31.9 Å². The summed E-state index contributed by atoms with van der Waals surface area (Å²) in [6.07, 6.45) is 1.86. The van der Waals surface area contributed by atoms with E-state index in [0.29, 0.717) is 0 Å². The number of ether oxygens (including phenoxy) is 1. The van der Waals surface area contributed by atoms with Gasteiger partial charge in [0.25, 0.3) is 0 Å². The van der Waals surface area contributed by atoms with Crippen LogP contribution < -0.4 is 4.74 Å². The maximum absolute atomic E-state index is 5.27. The molecule has 0 amide bonds. The predicted octanol–water partition coefficient (Wildman–Crippen LogP) is 4.56. The first kappa shape index (κ1) is 16.3. The quantitative estimate of drug-likeness (QED) is 0.497. The number of rotatable bonds is 2. The van der Waals surface area contributed by atoms with Crippen molar-refractivity contribution < 1.29 is 4.74 Å². The molecule has 6 heteroatoms. The molecule has 0 aliphatic heterocycles. The van der Waals surface area contributed by atoms with E-state index in [4.69, 9.17) is 9.72 Å². The van der Waals surface area contributed by atoms with Crippen molar-refractivity contribution in [3.05, 3.63) is 79.0 Å². The van der Waals surface area contributed by atoms with Crippen molar-refractivity contribution in [2.75, 3.05) is 7.11 Å². The molecule has 0 saturated carbocycles. The molecular formula is C22H17N5O. The van der Waals surface area contributed by atoms with Gasteiger partial charge in [0.1, 0.15) is 11.4 Å². The van der Waals surface area contributed by atoms with E-state index < -0.39 is 0 Å². The lowest BCUT2D eigenvalue weighted by molar-refractivity contribution is 0.415. The Morgan fingerprint density at radius 3 is 2.43 bits per heavy atom. The monoisotopic (exact) mass is 367 g/mol. The van der Waals surface area contributed by atoms with Gasteiger partial charge in [0.15, 0.2) is 5.65 Å². The number of H-pyrrole nitrogens is 1. The number of aromatic nitrogens is 5. The van der Waals surface area contributed by atoms with Gasteiger partial charge >= 0.3 is 0 Å². The van der Waals surface area contributed by atoms with E-state index >= 15 is 0 Å². The van der Waals surface area contributed by atoms with Crippen LogP contribution in [0.15, 0.2) is 79.0 Å². The number of nitrogens with one attached hydrogen (secondary N) is 1. The zero-order valence-electron chi connectivity index (χ0n) is 15.2. The molecule has 2 heterocycles. The van der Waals surface area contributed by atoms with E-state index in [-0.39, 0.29) is 0 Å². The molecule has 5 rings (SSSR count). The Morgan fingerprint density at radius 2 is 1.61 bits per heavy atom. The lowest BCUT2D eigenvalue weighted by Crippen LogP contribution is -1.89. The molecule has 0 fully saturated rings. The maximum atomic E-state index is 5.27. The number of methoxy groups -OCH3 is 1. The normalized spacial score (nSPS) is 11.0. The van der Waals surface area contributed by atoms with Crippen molar-refractivity contribution >= 4 is 27.6 Å². The van der Waals surface area contributed by atoms with E-state index in [1.807, 2.05) is 83.5 Å². The van der Waals surface area contributed by atoms with Gasteiger partial charge in [-0.15, -0.1) is 0 Å². The Morgan fingerprint density at radius 1 is 0.857 bits per heavy atom. The zero-order chi connectivity index (χ0) is 18.9. The molecule has 0 spiro atoms. The summed E-state index contributed by atoms with van der Waals surface area (Å²) in [6, 6.07) is 23.7. The molecule has 0 radical (unpaired) electrons. The van der Waals surface area contributed by atoms with Crippen LogP contribution >= 0.6 is 0 Å². The third kappa shape index (κ3) is 2.72. The molecule has 2 aromatic heterocycles. The third-order valence-corrected chi connectivity index (χ3v) is 4.68. The molecule has 28 heavy (non-hydrogen) atoms. The van der Waals surface area contributed by atoms with Crippen molar-refractivity contribution in [1.29, 1.82) is 0 Å². The fraction of sp³-hybridized carbons (Fsp3) is 0.0455. The van der Waals surface area contributed by atoms with Crippen LogP contribution in [0.4, 0.5) is 0 Å². The highest BCUT2D eigenvalue weighted by Gasteiger charge is 2.10. The number of hydrogen-bond acceptors (Lipinski definition) is 4. The molecule has 0 saturated heterocycles. The SMILES string of the molecule is COc1ccc(-c2n[nH]n3c2nc2ccccc2ncc2ccccc23)cc1. The Balaban J connectivity index is 1.94. The molecule has 0 unspecified atom stereocenters. The molecule has 0 atom stereocenters.